The predicted molar refractivity (Wildman–Crippen MR) is 81.9 cm³/mol. The summed E-state index contributed by atoms with van der Waals surface area (Å²) < 4.78 is 12.7. The summed E-state index contributed by atoms with van der Waals surface area (Å²) in [5.74, 6) is -0.265. The summed E-state index contributed by atoms with van der Waals surface area (Å²) in [6, 6.07) is 0. The van der Waals surface area contributed by atoms with E-state index in [1.807, 2.05) is 13.8 Å². The molecule has 5 heteroatoms. The van der Waals surface area contributed by atoms with Gasteiger partial charge in [0.25, 0.3) is 0 Å². The number of Topliss-reactive ketones (excluding diaryl/α,β-unsaturated/α-hetero) is 1. The van der Waals surface area contributed by atoms with Gasteiger partial charge in [0.1, 0.15) is 23.5 Å². The average Bonchev–Trinajstić information content (AvgIpc) is 2.71. The summed E-state index contributed by atoms with van der Waals surface area (Å²) in [6.45, 7) is 10.4. The van der Waals surface area contributed by atoms with Crippen molar-refractivity contribution in [2.75, 3.05) is 14.1 Å². The van der Waals surface area contributed by atoms with Gasteiger partial charge in [-0.05, 0) is 41.0 Å². The van der Waals surface area contributed by atoms with Gasteiger partial charge in [-0.1, -0.05) is 0 Å². The Bertz CT molecular complexity index is 483. The number of rotatable bonds is 2. The van der Waals surface area contributed by atoms with Gasteiger partial charge in [-0.25, -0.2) is 0 Å². The summed E-state index contributed by atoms with van der Waals surface area (Å²) in [5, 5.41) is 0. The van der Waals surface area contributed by atoms with Crippen LogP contribution in [0.25, 0.3) is 0 Å². The Labute approximate surface area is 133 Å². The number of hydrogen-bond donors (Lipinski definition) is 0. The van der Waals surface area contributed by atoms with Gasteiger partial charge in [0.05, 0.1) is 20.2 Å². The number of quaternary nitrogens is 1. The molecule has 0 bridgehead atoms. The van der Waals surface area contributed by atoms with Crippen LogP contribution in [0.5, 0.6) is 0 Å². The highest BCUT2D eigenvalue weighted by Crippen LogP contribution is 2.58. The fourth-order valence-electron chi connectivity index (χ4n) is 3.84. The molecule has 1 spiro atoms. The molecule has 0 radical (unpaired) electrons. The SMILES string of the molecule is CC1(C)O[C@H]2[C@@H](O[N+](C)(C)C(C)(C)C)CC3(CC(=O)C3)[C@H]2O1. The van der Waals surface area contributed by atoms with Crippen molar-refractivity contribution in [3.8, 4) is 0 Å². The van der Waals surface area contributed by atoms with Crippen molar-refractivity contribution in [1.82, 2.24) is 0 Å². The van der Waals surface area contributed by atoms with Crippen LogP contribution in [0.3, 0.4) is 0 Å². The van der Waals surface area contributed by atoms with Crippen molar-refractivity contribution < 1.29 is 23.8 Å². The maximum atomic E-state index is 11.6. The van der Waals surface area contributed by atoms with E-state index in [1.165, 1.54) is 0 Å². The maximum Gasteiger partial charge on any atom is 0.163 e. The molecule has 2 aliphatic carbocycles. The Morgan fingerprint density at radius 2 is 1.77 bits per heavy atom. The summed E-state index contributed by atoms with van der Waals surface area (Å²) in [7, 11) is 4.15. The molecule has 2 saturated carbocycles. The second kappa shape index (κ2) is 4.53. The summed E-state index contributed by atoms with van der Waals surface area (Å²) in [5.41, 5.74) is -0.103. The van der Waals surface area contributed by atoms with Crippen LogP contribution in [0.15, 0.2) is 0 Å². The van der Waals surface area contributed by atoms with E-state index < -0.39 is 5.79 Å². The van der Waals surface area contributed by atoms with E-state index in [-0.39, 0.29) is 29.3 Å². The van der Waals surface area contributed by atoms with Crippen molar-refractivity contribution in [3.63, 3.8) is 0 Å². The molecule has 3 fully saturated rings. The van der Waals surface area contributed by atoms with Gasteiger partial charge in [0.15, 0.2) is 5.79 Å². The normalized spacial score (nSPS) is 36.5. The molecule has 0 aromatic carbocycles. The molecule has 1 saturated heterocycles. The average molecular weight is 312 g/mol. The Hall–Kier alpha value is -0.490. The maximum absolute atomic E-state index is 11.6. The van der Waals surface area contributed by atoms with E-state index in [2.05, 4.69) is 34.9 Å². The number of carbonyl (C=O) groups excluding carboxylic acids is 1. The fraction of sp³-hybridized carbons (Fsp3) is 0.941. The van der Waals surface area contributed by atoms with Crippen molar-refractivity contribution in [3.05, 3.63) is 0 Å². The van der Waals surface area contributed by atoms with Crippen molar-refractivity contribution in [2.24, 2.45) is 5.41 Å². The van der Waals surface area contributed by atoms with Crippen molar-refractivity contribution in [1.29, 1.82) is 0 Å². The van der Waals surface area contributed by atoms with Crippen LogP contribution in [0.1, 0.15) is 53.9 Å². The van der Waals surface area contributed by atoms with Crippen LogP contribution < -0.4 is 0 Å². The Kier molecular flexibility index (Phi) is 3.37. The summed E-state index contributed by atoms with van der Waals surface area (Å²) in [4.78, 5) is 18.1. The van der Waals surface area contributed by atoms with Gasteiger partial charge >= 0.3 is 0 Å². The molecule has 1 aliphatic heterocycles. The van der Waals surface area contributed by atoms with E-state index in [9.17, 15) is 4.79 Å². The molecule has 22 heavy (non-hydrogen) atoms. The van der Waals surface area contributed by atoms with Gasteiger partial charge in [0, 0.05) is 18.3 Å². The summed E-state index contributed by atoms with van der Waals surface area (Å²) >= 11 is 0. The zero-order chi connectivity index (χ0) is 16.6. The quantitative estimate of drug-likeness (QED) is 0.580. The molecular formula is C17H30NO4+. The number of nitrogens with zero attached hydrogens (tertiary/aromatic N) is 1. The second-order valence-corrected chi connectivity index (χ2v) is 9.15. The third-order valence-corrected chi connectivity index (χ3v) is 5.82. The molecule has 5 nitrogen and oxygen atoms in total. The molecule has 0 amide bonds. The number of fused-ring (bicyclic) bond motifs is 2. The Balaban J connectivity index is 1.83. The molecule has 3 atom stereocenters. The number of ether oxygens (including phenoxy) is 2. The number of ketones is 1. The number of carbonyl (C=O) groups is 1. The fourth-order valence-corrected chi connectivity index (χ4v) is 3.84. The topological polar surface area (TPSA) is 44.8 Å². The Morgan fingerprint density at radius 3 is 2.27 bits per heavy atom. The molecule has 0 aromatic rings. The van der Waals surface area contributed by atoms with Gasteiger partial charge in [-0.15, -0.1) is 0 Å². The largest absolute Gasteiger partial charge is 0.344 e. The molecule has 3 rings (SSSR count). The van der Waals surface area contributed by atoms with Crippen LogP contribution >= 0.6 is 0 Å². The first kappa shape index (κ1) is 16.4. The molecule has 126 valence electrons. The second-order valence-electron chi connectivity index (χ2n) is 9.15. The molecular weight excluding hydrogens is 282 g/mol. The highest BCUT2D eigenvalue weighted by molar-refractivity contribution is 5.86. The third-order valence-electron chi connectivity index (χ3n) is 5.82. The number of hydrogen-bond acceptors (Lipinski definition) is 4. The highest BCUT2D eigenvalue weighted by Gasteiger charge is 2.67. The van der Waals surface area contributed by atoms with Crippen LogP contribution in [0.4, 0.5) is 0 Å². The first-order valence-electron chi connectivity index (χ1n) is 8.25. The van der Waals surface area contributed by atoms with E-state index >= 15 is 0 Å². The van der Waals surface area contributed by atoms with Crippen molar-refractivity contribution >= 4 is 5.78 Å². The molecule has 0 N–H and O–H groups in total. The van der Waals surface area contributed by atoms with Gasteiger partial charge in [-0.2, -0.15) is 9.48 Å². The summed E-state index contributed by atoms with van der Waals surface area (Å²) in [6.07, 6.45) is 1.93. The third kappa shape index (κ3) is 2.42. The standard InChI is InChI=1S/C17H30NO4/c1-15(2,3)18(6,7)22-12-10-17(8-11(19)9-17)14-13(12)20-16(4,5)21-14/h12-14H,8-10H2,1-7H3/q+1/t12-,13-,14-/m0/s1. The zero-order valence-electron chi connectivity index (χ0n) is 14.9. The lowest BCUT2D eigenvalue weighted by Crippen LogP contribution is -2.57. The first-order chi connectivity index (χ1) is 9.85. The minimum Gasteiger partial charge on any atom is -0.344 e. The highest BCUT2D eigenvalue weighted by atomic mass is 16.8. The van der Waals surface area contributed by atoms with E-state index in [1.54, 1.807) is 0 Å². The lowest BCUT2D eigenvalue weighted by Gasteiger charge is -2.43. The lowest BCUT2D eigenvalue weighted by molar-refractivity contribution is -1.12. The van der Waals surface area contributed by atoms with Crippen LogP contribution in [0.2, 0.25) is 0 Å². The lowest BCUT2D eigenvalue weighted by atomic mass is 9.65. The minimum absolute atomic E-state index is 0.0230. The smallest absolute Gasteiger partial charge is 0.163 e. The Morgan fingerprint density at radius 1 is 1.18 bits per heavy atom. The van der Waals surface area contributed by atoms with Crippen LogP contribution in [-0.4, -0.2) is 54.2 Å². The van der Waals surface area contributed by atoms with Gasteiger partial charge in [0.2, 0.25) is 0 Å². The number of hydroxylamine groups is 3. The molecule has 3 aliphatic rings. The predicted octanol–water partition coefficient (Wildman–Crippen LogP) is 2.43. The molecule has 0 aromatic heterocycles. The van der Waals surface area contributed by atoms with Crippen LogP contribution in [-0.2, 0) is 19.1 Å². The van der Waals surface area contributed by atoms with Crippen molar-refractivity contribution in [2.45, 2.75) is 83.5 Å². The minimum atomic E-state index is -0.595. The van der Waals surface area contributed by atoms with E-state index in [0.29, 0.717) is 23.3 Å². The van der Waals surface area contributed by atoms with E-state index in [4.69, 9.17) is 14.3 Å². The molecule has 0 unspecified atom stereocenters. The first-order valence-corrected chi connectivity index (χ1v) is 8.25. The van der Waals surface area contributed by atoms with E-state index in [0.717, 1.165) is 6.42 Å². The van der Waals surface area contributed by atoms with Gasteiger partial charge in [-0.3, -0.25) is 4.79 Å². The van der Waals surface area contributed by atoms with Gasteiger partial charge < -0.3 is 9.47 Å². The zero-order valence-corrected chi connectivity index (χ0v) is 14.9. The monoisotopic (exact) mass is 312 g/mol. The molecule has 1 heterocycles. The van der Waals surface area contributed by atoms with Crippen LogP contribution in [0, 0.1) is 5.41 Å².